The van der Waals surface area contributed by atoms with Crippen LogP contribution in [0.15, 0.2) is 77.3 Å². The molecule has 0 unspecified atom stereocenters. The van der Waals surface area contributed by atoms with Crippen LogP contribution in [-0.2, 0) is 4.74 Å². The molecule has 2 heterocycles. The first kappa shape index (κ1) is 23.5. The zero-order valence-corrected chi connectivity index (χ0v) is 21.1. The highest BCUT2D eigenvalue weighted by molar-refractivity contribution is 9.10. The molecule has 0 bridgehead atoms. The van der Waals surface area contributed by atoms with Crippen LogP contribution in [0, 0.1) is 0 Å². The van der Waals surface area contributed by atoms with Crippen molar-refractivity contribution in [3.63, 3.8) is 0 Å². The van der Waals surface area contributed by atoms with Gasteiger partial charge in [0, 0.05) is 15.7 Å². The summed E-state index contributed by atoms with van der Waals surface area (Å²) in [6.07, 6.45) is 0. The summed E-state index contributed by atoms with van der Waals surface area (Å²) in [5, 5.41) is 2.92. The van der Waals surface area contributed by atoms with E-state index in [4.69, 9.17) is 19.4 Å². The molecule has 3 aromatic carbocycles. The number of carbonyl (C=O) groups is 2. The summed E-state index contributed by atoms with van der Waals surface area (Å²) in [7, 11) is 1.58. The summed E-state index contributed by atoms with van der Waals surface area (Å²) in [5.41, 5.74) is 3.20. The Balaban J connectivity index is 1.81. The summed E-state index contributed by atoms with van der Waals surface area (Å²) >= 11 is 3.40. The number of halogens is 1. The first-order valence-corrected chi connectivity index (χ1v) is 12.0. The first-order valence-electron chi connectivity index (χ1n) is 11.2. The van der Waals surface area contributed by atoms with E-state index in [1.165, 1.54) is 0 Å². The first-order chi connectivity index (χ1) is 17.5. The maximum atomic E-state index is 13.3. The lowest BCUT2D eigenvalue weighted by Gasteiger charge is -2.13. The number of hydrogen-bond acceptors (Lipinski definition) is 6. The Labute approximate surface area is 215 Å². The maximum Gasteiger partial charge on any atom is 0.344 e. The van der Waals surface area contributed by atoms with Gasteiger partial charge in [-0.05, 0) is 61.5 Å². The lowest BCUT2D eigenvalue weighted by molar-refractivity contribution is 0.0529. The minimum Gasteiger partial charge on any atom is -0.497 e. The fourth-order valence-corrected chi connectivity index (χ4v) is 4.35. The number of nitrogens with one attached hydrogen (secondary N) is 1. The standard InChI is InChI=1S/C27H21BrN4O4/c1-3-36-27(34)22-23-25(30-21-10-5-4-9-20(21)29-23)32(18-11-13-19(35-2)14-12-18)24(22)31-26(33)16-7-6-8-17(28)15-16/h4-15H,3H2,1-2H3,(H,31,33). The van der Waals surface area contributed by atoms with Crippen LogP contribution in [0.25, 0.3) is 27.9 Å². The average molecular weight is 545 g/mol. The smallest absolute Gasteiger partial charge is 0.344 e. The number of aromatic nitrogens is 3. The van der Waals surface area contributed by atoms with Crippen molar-refractivity contribution in [3.8, 4) is 11.4 Å². The van der Waals surface area contributed by atoms with Crippen molar-refractivity contribution in [2.45, 2.75) is 6.92 Å². The highest BCUT2D eigenvalue weighted by Gasteiger charge is 2.29. The number of hydrogen-bond donors (Lipinski definition) is 1. The van der Waals surface area contributed by atoms with Crippen LogP contribution in [-0.4, -0.2) is 40.1 Å². The summed E-state index contributed by atoms with van der Waals surface area (Å²) in [6, 6.07) is 21.6. The van der Waals surface area contributed by atoms with Gasteiger partial charge in [-0.1, -0.05) is 34.1 Å². The molecule has 0 saturated heterocycles. The quantitative estimate of drug-likeness (QED) is 0.272. The van der Waals surface area contributed by atoms with Crippen LogP contribution in [0.4, 0.5) is 5.82 Å². The van der Waals surface area contributed by atoms with E-state index in [1.807, 2.05) is 42.5 Å². The zero-order chi connectivity index (χ0) is 25.2. The Morgan fingerprint density at radius 2 is 1.69 bits per heavy atom. The van der Waals surface area contributed by atoms with Gasteiger partial charge >= 0.3 is 5.97 Å². The van der Waals surface area contributed by atoms with Gasteiger partial charge in [0.1, 0.15) is 22.6 Å². The molecule has 36 heavy (non-hydrogen) atoms. The number of methoxy groups -OCH3 is 1. The molecule has 2 aromatic heterocycles. The highest BCUT2D eigenvalue weighted by Crippen LogP contribution is 2.34. The third-order valence-corrected chi connectivity index (χ3v) is 6.08. The van der Waals surface area contributed by atoms with E-state index in [0.29, 0.717) is 39.2 Å². The van der Waals surface area contributed by atoms with E-state index in [9.17, 15) is 9.59 Å². The van der Waals surface area contributed by atoms with Crippen molar-refractivity contribution >= 4 is 55.8 Å². The number of ether oxygens (including phenoxy) is 2. The topological polar surface area (TPSA) is 95.3 Å². The molecule has 8 nitrogen and oxygen atoms in total. The number of amides is 1. The van der Waals surface area contributed by atoms with Gasteiger partial charge in [-0.2, -0.15) is 0 Å². The largest absolute Gasteiger partial charge is 0.497 e. The molecule has 1 N–H and O–H groups in total. The lowest BCUT2D eigenvalue weighted by Crippen LogP contribution is -2.18. The van der Waals surface area contributed by atoms with Crippen molar-refractivity contribution in [1.29, 1.82) is 0 Å². The molecule has 0 aliphatic carbocycles. The molecular formula is C27H21BrN4O4. The number of benzene rings is 3. The molecule has 9 heteroatoms. The van der Waals surface area contributed by atoms with Gasteiger partial charge in [0.05, 0.1) is 24.8 Å². The molecule has 0 atom stereocenters. The van der Waals surface area contributed by atoms with E-state index in [0.717, 1.165) is 4.47 Å². The molecule has 0 fully saturated rings. The lowest BCUT2D eigenvalue weighted by atomic mass is 10.2. The van der Waals surface area contributed by atoms with Gasteiger partial charge in [-0.15, -0.1) is 0 Å². The van der Waals surface area contributed by atoms with Gasteiger partial charge in [-0.3, -0.25) is 9.36 Å². The molecule has 0 spiro atoms. The third kappa shape index (κ3) is 4.29. The second kappa shape index (κ2) is 9.79. The Morgan fingerprint density at radius 1 is 0.972 bits per heavy atom. The fourth-order valence-electron chi connectivity index (χ4n) is 3.95. The van der Waals surface area contributed by atoms with Crippen LogP contribution < -0.4 is 10.1 Å². The second-order valence-corrected chi connectivity index (χ2v) is 8.74. The Bertz CT molecular complexity index is 1610. The maximum absolute atomic E-state index is 13.3. The molecule has 0 aliphatic heterocycles. The van der Waals surface area contributed by atoms with Crippen LogP contribution >= 0.6 is 15.9 Å². The average Bonchev–Trinajstić information content (AvgIpc) is 3.19. The van der Waals surface area contributed by atoms with Crippen LogP contribution in [0.3, 0.4) is 0 Å². The molecule has 0 aliphatic rings. The van der Waals surface area contributed by atoms with Gasteiger partial charge in [0.2, 0.25) is 0 Å². The van der Waals surface area contributed by atoms with E-state index in [2.05, 4.69) is 21.2 Å². The summed E-state index contributed by atoms with van der Waals surface area (Å²) in [4.78, 5) is 36.2. The second-order valence-electron chi connectivity index (χ2n) is 7.83. The minimum atomic E-state index is -0.608. The predicted octanol–water partition coefficient (Wildman–Crippen LogP) is 5.77. The minimum absolute atomic E-state index is 0.129. The SMILES string of the molecule is CCOC(=O)c1c(NC(=O)c2cccc(Br)c2)n(-c2ccc(OC)cc2)c2nc3ccccc3nc12. The number of para-hydroxylation sites is 2. The number of rotatable bonds is 6. The Hall–Kier alpha value is -4.24. The summed E-state index contributed by atoms with van der Waals surface area (Å²) < 4.78 is 13.1. The molecular weight excluding hydrogens is 524 g/mol. The third-order valence-electron chi connectivity index (χ3n) is 5.59. The number of carbonyl (C=O) groups excluding carboxylic acids is 2. The number of esters is 1. The van der Waals surface area contributed by atoms with E-state index >= 15 is 0 Å². The predicted molar refractivity (Wildman–Crippen MR) is 141 cm³/mol. The normalized spacial score (nSPS) is 11.0. The molecule has 1 amide bonds. The summed E-state index contributed by atoms with van der Waals surface area (Å²) in [5.74, 6) is -0.126. The number of nitrogens with zero attached hydrogens (tertiary/aromatic N) is 3. The van der Waals surface area contributed by atoms with Crippen LogP contribution in [0.2, 0.25) is 0 Å². The zero-order valence-electron chi connectivity index (χ0n) is 19.5. The van der Waals surface area contributed by atoms with Gasteiger partial charge in [0.15, 0.2) is 5.65 Å². The number of anilines is 1. The molecule has 0 radical (unpaired) electrons. The van der Waals surface area contributed by atoms with Crippen molar-refractivity contribution in [3.05, 3.63) is 88.4 Å². The van der Waals surface area contributed by atoms with Crippen LogP contribution in [0.1, 0.15) is 27.6 Å². The van der Waals surface area contributed by atoms with Crippen molar-refractivity contribution in [2.75, 3.05) is 19.0 Å². The molecule has 5 aromatic rings. The van der Waals surface area contributed by atoms with Gasteiger partial charge in [0.25, 0.3) is 5.91 Å². The monoisotopic (exact) mass is 544 g/mol. The Morgan fingerprint density at radius 3 is 2.36 bits per heavy atom. The van der Waals surface area contributed by atoms with E-state index < -0.39 is 11.9 Å². The molecule has 0 saturated carbocycles. The number of fused-ring (bicyclic) bond motifs is 2. The van der Waals surface area contributed by atoms with Gasteiger partial charge < -0.3 is 14.8 Å². The highest BCUT2D eigenvalue weighted by atomic mass is 79.9. The van der Waals surface area contributed by atoms with Crippen molar-refractivity contribution in [1.82, 2.24) is 14.5 Å². The molecule has 5 rings (SSSR count). The van der Waals surface area contributed by atoms with Crippen LogP contribution in [0.5, 0.6) is 5.75 Å². The van der Waals surface area contributed by atoms with Crippen molar-refractivity contribution in [2.24, 2.45) is 0 Å². The summed E-state index contributed by atoms with van der Waals surface area (Å²) in [6.45, 7) is 1.88. The molecule has 180 valence electrons. The van der Waals surface area contributed by atoms with E-state index in [-0.39, 0.29) is 18.0 Å². The van der Waals surface area contributed by atoms with E-state index in [1.54, 1.807) is 48.9 Å². The van der Waals surface area contributed by atoms with Crippen molar-refractivity contribution < 1.29 is 19.1 Å². The fraction of sp³-hybridized carbons (Fsp3) is 0.111. The Kier molecular flexibility index (Phi) is 6.39. The van der Waals surface area contributed by atoms with Gasteiger partial charge in [-0.25, -0.2) is 14.8 Å².